The maximum Gasteiger partial charge on any atom is 0.435 e. The van der Waals surface area contributed by atoms with Gasteiger partial charge in [0, 0.05) is 12.1 Å². The Morgan fingerprint density at radius 2 is 1.63 bits per heavy atom. The van der Waals surface area contributed by atoms with Crippen LogP contribution in [0, 0.1) is 20.2 Å². The first-order chi connectivity index (χ1) is 14.0. The van der Waals surface area contributed by atoms with E-state index in [-0.39, 0.29) is 16.8 Å². The Bertz CT molecular complexity index is 1170. The summed E-state index contributed by atoms with van der Waals surface area (Å²) in [5, 5.41) is 34.5. The zero-order chi connectivity index (χ0) is 22.2. The molecular formula is C17H9F3N4O6. The van der Waals surface area contributed by atoms with Gasteiger partial charge in [0.15, 0.2) is 11.4 Å². The first-order valence-corrected chi connectivity index (χ1v) is 7.93. The second-order valence-corrected chi connectivity index (χ2v) is 5.89. The number of nitro groups is 2. The lowest BCUT2D eigenvalue weighted by Gasteiger charge is -2.07. The molecule has 154 valence electrons. The number of non-ortho nitro benzene ring substituents is 1. The minimum Gasteiger partial charge on any atom is -0.477 e. The number of nitro benzene ring substituents is 2. The van der Waals surface area contributed by atoms with Crippen molar-refractivity contribution < 1.29 is 32.9 Å². The smallest absolute Gasteiger partial charge is 0.435 e. The molecule has 3 aromatic rings. The third-order valence-electron chi connectivity index (χ3n) is 4.03. The van der Waals surface area contributed by atoms with E-state index in [0.717, 1.165) is 12.1 Å². The van der Waals surface area contributed by atoms with Gasteiger partial charge in [-0.3, -0.25) is 20.2 Å². The fraction of sp³-hybridized carbons (Fsp3) is 0.0588. The average Bonchev–Trinajstić information content (AvgIpc) is 3.14. The van der Waals surface area contributed by atoms with Crippen LogP contribution >= 0.6 is 0 Å². The van der Waals surface area contributed by atoms with Crippen LogP contribution in [0.2, 0.25) is 0 Å². The molecule has 0 aliphatic carbocycles. The maximum absolute atomic E-state index is 12.9. The normalized spacial score (nSPS) is 11.3. The van der Waals surface area contributed by atoms with E-state index in [1.165, 1.54) is 30.3 Å². The molecule has 0 saturated carbocycles. The summed E-state index contributed by atoms with van der Waals surface area (Å²) in [7, 11) is 0. The van der Waals surface area contributed by atoms with Crippen LogP contribution in [0.3, 0.4) is 0 Å². The third-order valence-corrected chi connectivity index (χ3v) is 4.03. The molecule has 0 aliphatic rings. The molecule has 2 aromatic carbocycles. The molecule has 0 radical (unpaired) electrons. The molecule has 1 N–H and O–H groups in total. The topological polar surface area (TPSA) is 141 Å². The van der Waals surface area contributed by atoms with Crippen LogP contribution < -0.4 is 0 Å². The molecule has 3 rings (SSSR count). The summed E-state index contributed by atoms with van der Waals surface area (Å²) in [6.07, 6.45) is -4.85. The van der Waals surface area contributed by atoms with Crippen molar-refractivity contribution in [1.82, 2.24) is 9.78 Å². The van der Waals surface area contributed by atoms with E-state index in [0.29, 0.717) is 10.7 Å². The van der Waals surface area contributed by atoms with Gasteiger partial charge >= 0.3 is 12.1 Å². The third kappa shape index (κ3) is 3.80. The number of rotatable bonds is 5. The predicted octanol–water partition coefficient (Wildman–Crippen LogP) is 4.07. The van der Waals surface area contributed by atoms with Gasteiger partial charge in [-0.25, -0.2) is 9.48 Å². The lowest BCUT2D eigenvalue weighted by atomic mass is 10.0. The summed E-state index contributed by atoms with van der Waals surface area (Å²) in [5.41, 5.74) is -2.90. The number of hydrogen-bond donors (Lipinski definition) is 1. The Balaban J connectivity index is 2.07. The highest BCUT2D eigenvalue weighted by Gasteiger charge is 2.36. The van der Waals surface area contributed by atoms with E-state index in [4.69, 9.17) is 5.11 Å². The molecular weight excluding hydrogens is 413 g/mol. The minimum absolute atomic E-state index is 0.0313. The van der Waals surface area contributed by atoms with Gasteiger partial charge in [0.05, 0.1) is 27.2 Å². The van der Waals surface area contributed by atoms with Gasteiger partial charge in [-0.1, -0.05) is 12.1 Å². The van der Waals surface area contributed by atoms with Crippen LogP contribution in [0.25, 0.3) is 16.8 Å². The van der Waals surface area contributed by atoms with Crippen molar-refractivity contribution in [1.29, 1.82) is 0 Å². The average molecular weight is 422 g/mol. The van der Waals surface area contributed by atoms with Crippen LogP contribution in [0.1, 0.15) is 16.2 Å². The summed E-state index contributed by atoms with van der Waals surface area (Å²) in [5.74, 6) is -1.63. The summed E-state index contributed by atoms with van der Waals surface area (Å²) in [4.78, 5) is 31.8. The zero-order valence-electron chi connectivity index (χ0n) is 14.5. The lowest BCUT2D eigenvalue weighted by Crippen LogP contribution is -2.09. The monoisotopic (exact) mass is 422 g/mol. The fourth-order valence-electron chi connectivity index (χ4n) is 2.68. The largest absolute Gasteiger partial charge is 0.477 e. The number of carboxylic acids is 1. The molecule has 0 saturated heterocycles. The molecule has 0 spiro atoms. The molecule has 0 bridgehead atoms. The highest BCUT2D eigenvalue weighted by Crippen LogP contribution is 2.34. The quantitative estimate of drug-likeness (QED) is 0.482. The standard InChI is InChI=1S/C17H9F3N4O6/c18-17(19,20)15-8-14(16(25)26)22(21-15)10-3-1-9(2-4-10)12-6-5-11(23(27)28)7-13(12)24(29)30/h1-8H,(H,25,26). The van der Waals surface area contributed by atoms with Gasteiger partial charge in [-0.05, 0) is 23.8 Å². The maximum atomic E-state index is 12.9. The van der Waals surface area contributed by atoms with Crippen LogP contribution in [0.4, 0.5) is 24.5 Å². The Labute approximate surface area is 164 Å². The number of hydrogen-bond acceptors (Lipinski definition) is 6. The van der Waals surface area contributed by atoms with Gasteiger partial charge in [-0.2, -0.15) is 18.3 Å². The lowest BCUT2D eigenvalue weighted by molar-refractivity contribution is -0.393. The molecule has 0 atom stereocenters. The molecule has 30 heavy (non-hydrogen) atoms. The Hall–Kier alpha value is -4.29. The number of benzene rings is 2. The second-order valence-electron chi connectivity index (χ2n) is 5.89. The van der Waals surface area contributed by atoms with Gasteiger partial charge in [-0.15, -0.1) is 0 Å². The van der Waals surface area contributed by atoms with Crippen molar-refractivity contribution in [3.63, 3.8) is 0 Å². The number of carbonyl (C=O) groups is 1. The van der Waals surface area contributed by atoms with Crippen molar-refractivity contribution in [2.75, 3.05) is 0 Å². The second kappa shape index (κ2) is 7.27. The van der Waals surface area contributed by atoms with E-state index < -0.39 is 44.8 Å². The van der Waals surface area contributed by atoms with E-state index >= 15 is 0 Å². The van der Waals surface area contributed by atoms with Crippen LogP contribution in [0.15, 0.2) is 48.5 Å². The zero-order valence-corrected chi connectivity index (χ0v) is 14.5. The van der Waals surface area contributed by atoms with Crippen molar-refractivity contribution in [2.24, 2.45) is 0 Å². The number of carboxylic acid groups (broad SMARTS) is 1. The Morgan fingerprint density at radius 1 is 1.00 bits per heavy atom. The number of alkyl halides is 3. The van der Waals surface area contributed by atoms with Crippen molar-refractivity contribution in [3.8, 4) is 16.8 Å². The first-order valence-electron chi connectivity index (χ1n) is 7.93. The molecule has 10 nitrogen and oxygen atoms in total. The number of nitrogens with zero attached hydrogens (tertiary/aromatic N) is 4. The van der Waals surface area contributed by atoms with Crippen LogP contribution in [0.5, 0.6) is 0 Å². The molecule has 0 fully saturated rings. The highest BCUT2D eigenvalue weighted by molar-refractivity contribution is 5.86. The SMILES string of the molecule is O=C(O)c1cc(C(F)(F)F)nn1-c1ccc(-c2ccc([N+](=O)[O-])cc2[N+](=O)[O-])cc1. The molecule has 1 heterocycles. The van der Waals surface area contributed by atoms with E-state index in [1.54, 1.807) is 0 Å². The van der Waals surface area contributed by atoms with Gasteiger partial charge < -0.3 is 5.11 Å². The summed E-state index contributed by atoms with van der Waals surface area (Å²) >= 11 is 0. The Kier molecular flexibility index (Phi) is 4.95. The van der Waals surface area contributed by atoms with Crippen molar-refractivity contribution in [3.05, 3.63) is 80.1 Å². The summed E-state index contributed by atoms with van der Waals surface area (Å²) in [6.45, 7) is 0. The number of aromatic nitrogens is 2. The first kappa shape index (κ1) is 20.4. The van der Waals surface area contributed by atoms with Gasteiger partial charge in [0.1, 0.15) is 0 Å². The van der Waals surface area contributed by atoms with E-state index in [2.05, 4.69) is 5.10 Å². The molecule has 0 aliphatic heterocycles. The minimum atomic E-state index is -4.85. The molecule has 0 unspecified atom stereocenters. The van der Waals surface area contributed by atoms with Crippen molar-refractivity contribution >= 4 is 17.3 Å². The highest BCUT2D eigenvalue weighted by atomic mass is 19.4. The van der Waals surface area contributed by atoms with Crippen LogP contribution in [-0.4, -0.2) is 30.7 Å². The van der Waals surface area contributed by atoms with Gasteiger partial charge in [0.25, 0.3) is 11.4 Å². The van der Waals surface area contributed by atoms with E-state index in [1.807, 2.05) is 0 Å². The predicted molar refractivity (Wildman–Crippen MR) is 94.3 cm³/mol. The number of aromatic carboxylic acids is 1. The van der Waals surface area contributed by atoms with E-state index in [9.17, 15) is 38.2 Å². The summed E-state index contributed by atoms with van der Waals surface area (Å²) in [6, 6.07) is 8.45. The Morgan fingerprint density at radius 3 is 2.13 bits per heavy atom. The number of halogens is 3. The summed E-state index contributed by atoms with van der Waals surface area (Å²) < 4.78 is 39.2. The molecule has 1 aromatic heterocycles. The van der Waals surface area contributed by atoms with Crippen LogP contribution in [-0.2, 0) is 6.18 Å². The van der Waals surface area contributed by atoms with Crippen molar-refractivity contribution in [2.45, 2.75) is 6.18 Å². The molecule has 13 heteroatoms. The molecule has 0 amide bonds. The van der Waals surface area contributed by atoms with Gasteiger partial charge in [0.2, 0.25) is 0 Å². The fourth-order valence-corrected chi connectivity index (χ4v) is 2.68.